The highest BCUT2D eigenvalue weighted by Crippen LogP contribution is 2.43. The molecule has 0 aliphatic heterocycles. The summed E-state index contributed by atoms with van der Waals surface area (Å²) < 4.78 is 16.1. The van der Waals surface area contributed by atoms with E-state index in [-0.39, 0.29) is 24.7 Å². The minimum Gasteiger partial charge on any atom is -0.481 e. The first-order valence-electron chi connectivity index (χ1n) is 10.4. The van der Waals surface area contributed by atoms with Crippen LogP contribution in [0.4, 0.5) is 4.39 Å². The average molecular weight is 433 g/mol. The van der Waals surface area contributed by atoms with Gasteiger partial charge in [-0.1, -0.05) is 42.5 Å². The Morgan fingerprint density at radius 1 is 1.33 bits per heavy atom. The van der Waals surface area contributed by atoms with Gasteiger partial charge in [0.05, 0.1) is 6.10 Å². The first-order chi connectivity index (χ1) is 14.4. The molecule has 5 atom stereocenters. The lowest BCUT2D eigenvalue weighted by Crippen LogP contribution is -2.26. The fourth-order valence-corrected chi connectivity index (χ4v) is 5.35. The number of fused-ring (bicyclic) bond motifs is 1. The zero-order valence-corrected chi connectivity index (χ0v) is 17.7. The van der Waals surface area contributed by atoms with Crippen LogP contribution in [0.2, 0.25) is 0 Å². The quantitative estimate of drug-likeness (QED) is 0.346. The summed E-state index contributed by atoms with van der Waals surface area (Å²) in [5.74, 6) is -1.13. The summed E-state index contributed by atoms with van der Waals surface area (Å²) in [4.78, 5) is 11.2. The number of alkyl halides is 1. The molecule has 1 saturated carbocycles. The van der Waals surface area contributed by atoms with Crippen LogP contribution >= 0.6 is 11.3 Å². The third-order valence-corrected chi connectivity index (χ3v) is 7.09. The number of carboxylic acids is 1. The van der Waals surface area contributed by atoms with Crippen molar-refractivity contribution in [2.24, 2.45) is 11.8 Å². The third kappa shape index (κ3) is 5.56. The molecule has 3 N–H and O–H groups in total. The number of halogens is 1. The minimum absolute atomic E-state index is 0.0384. The van der Waals surface area contributed by atoms with E-state index in [1.54, 1.807) is 0 Å². The second-order valence-electron chi connectivity index (χ2n) is 8.08. The van der Waals surface area contributed by atoms with Gasteiger partial charge in [0, 0.05) is 16.0 Å². The van der Waals surface area contributed by atoms with Crippen molar-refractivity contribution in [2.75, 3.05) is 0 Å². The summed E-state index contributed by atoms with van der Waals surface area (Å²) in [6, 6.07) is 9.56. The molecule has 1 aliphatic rings. The number of thiophene rings is 1. The van der Waals surface area contributed by atoms with Crippen LogP contribution in [0.5, 0.6) is 0 Å². The van der Waals surface area contributed by atoms with Crippen LogP contribution in [0.1, 0.15) is 49.5 Å². The molecule has 2 aromatic rings. The highest BCUT2D eigenvalue weighted by molar-refractivity contribution is 7.19. The van der Waals surface area contributed by atoms with E-state index < -0.39 is 24.3 Å². The van der Waals surface area contributed by atoms with Gasteiger partial charge in [-0.2, -0.15) is 0 Å². The summed E-state index contributed by atoms with van der Waals surface area (Å²) in [5.41, 5.74) is 0.909. The average Bonchev–Trinajstić information content (AvgIpc) is 3.25. The second-order valence-corrected chi connectivity index (χ2v) is 9.19. The van der Waals surface area contributed by atoms with Crippen molar-refractivity contribution >= 4 is 27.4 Å². The molecule has 6 heteroatoms. The number of carbonyl (C=O) groups is 1. The lowest BCUT2D eigenvalue weighted by atomic mass is 9.85. The normalized spacial score (nSPS) is 24.0. The van der Waals surface area contributed by atoms with Crippen molar-refractivity contribution in [2.45, 2.75) is 56.9 Å². The van der Waals surface area contributed by atoms with Crippen molar-refractivity contribution in [1.82, 2.24) is 0 Å². The molecule has 0 radical (unpaired) electrons. The number of carboxylic acid groups (broad SMARTS) is 1. The zero-order chi connectivity index (χ0) is 21.7. The Hall–Kier alpha value is -2.02. The lowest BCUT2D eigenvalue weighted by Gasteiger charge is -2.25. The van der Waals surface area contributed by atoms with Crippen molar-refractivity contribution in [3.63, 3.8) is 0 Å². The van der Waals surface area contributed by atoms with Gasteiger partial charge in [0.25, 0.3) is 0 Å². The van der Waals surface area contributed by atoms with Gasteiger partial charge in [-0.15, -0.1) is 11.3 Å². The standard InChI is InChI=1S/C24H29FO4S/c1-15-12-20(26)18(17(15)9-4-2-3-5-11-23(27)28)14-19(25)24(29)22-13-16-8-6-7-10-21(16)30-22/h2,4,6-8,10,13,17-20,24,26,29H,1,3,5,9,11-12,14H2,(H,27,28)/b4-2-/t17-,18+,19?,20+,24?/m0/s1. The maximum absolute atomic E-state index is 15.0. The van der Waals surface area contributed by atoms with E-state index >= 15 is 4.39 Å². The molecular formula is C24H29FO4S. The van der Waals surface area contributed by atoms with Crippen LogP contribution in [-0.4, -0.2) is 33.6 Å². The maximum atomic E-state index is 15.0. The van der Waals surface area contributed by atoms with E-state index in [0.29, 0.717) is 30.6 Å². The Labute approximate surface area is 180 Å². The smallest absolute Gasteiger partial charge is 0.303 e. The van der Waals surface area contributed by atoms with E-state index in [4.69, 9.17) is 5.11 Å². The van der Waals surface area contributed by atoms with E-state index in [2.05, 4.69) is 6.58 Å². The minimum atomic E-state index is -1.47. The number of allylic oxidation sites excluding steroid dienone is 2. The molecule has 162 valence electrons. The molecule has 0 bridgehead atoms. The molecule has 1 heterocycles. The molecule has 4 nitrogen and oxygen atoms in total. The SMILES string of the molecule is C=C1C[C@@H](O)[C@H](CC(F)C(O)c2cc3ccccc3s2)[C@H]1C/C=C\CCCC(=O)O. The first-order valence-corrected chi connectivity index (χ1v) is 11.2. The van der Waals surface area contributed by atoms with Gasteiger partial charge in [0.1, 0.15) is 12.3 Å². The molecule has 0 amide bonds. The number of hydrogen-bond acceptors (Lipinski definition) is 4. The van der Waals surface area contributed by atoms with Gasteiger partial charge in [-0.3, -0.25) is 4.79 Å². The Kier molecular flexibility index (Phi) is 7.81. The molecule has 1 aromatic heterocycles. The zero-order valence-electron chi connectivity index (χ0n) is 16.9. The number of benzene rings is 1. The van der Waals surface area contributed by atoms with Crippen molar-refractivity contribution in [3.8, 4) is 0 Å². The predicted octanol–water partition coefficient (Wildman–Crippen LogP) is 5.42. The number of unbranched alkanes of at least 4 members (excludes halogenated alkanes) is 1. The Balaban J connectivity index is 1.59. The topological polar surface area (TPSA) is 77.8 Å². The highest BCUT2D eigenvalue weighted by Gasteiger charge is 2.39. The van der Waals surface area contributed by atoms with Gasteiger partial charge in [-0.25, -0.2) is 4.39 Å². The van der Waals surface area contributed by atoms with E-state index in [9.17, 15) is 15.0 Å². The van der Waals surface area contributed by atoms with Crippen molar-refractivity contribution in [3.05, 3.63) is 59.5 Å². The molecule has 1 fully saturated rings. The fraction of sp³-hybridized carbons (Fsp3) is 0.458. The lowest BCUT2D eigenvalue weighted by molar-refractivity contribution is -0.137. The number of aliphatic hydroxyl groups excluding tert-OH is 2. The Bertz CT molecular complexity index is 872. The van der Waals surface area contributed by atoms with Crippen LogP contribution in [0.3, 0.4) is 0 Å². The molecule has 2 unspecified atom stereocenters. The van der Waals surface area contributed by atoms with Crippen LogP contribution in [0.25, 0.3) is 10.1 Å². The fourth-order valence-electron chi connectivity index (χ4n) is 4.25. The van der Waals surface area contributed by atoms with E-state index in [1.165, 1.54) is 11.3 Å². The first kappa shape index (κ1) is 22.7. The predicted molar refractivity (Wildman–Crippen MR) is 118 cm³/mol. The van der Waals surface area contributed by atoms with E-state index in [0.717, 1.165) is 15.7 Å². The van der Waals surface area contributed by atoms with Gasteiger partial charge < -0.3 is 15.3 Å². The van der Waals surface area contributed by atoms with Crippen molar-refractivity contribution < 1.29 is 24.5 Å². The van der Waals surface area contributed by atoms with Crippen molar-refractivity contribution in [1.29, 1.82) is 0 Å². The molecule has 3 rings (SSSR count). The van der Waals surface area contributed by atoms with Gasteiger partial charge in [0.2, 0.25) is 0 Å². The van der Waals surface area contributed by atoms with Gasteiger partial charge >= 0.3 is 5.97 Å². The molecule has 1 aromatic carbocycles. The summed E-state index contributed by atoms with van der Waals surface area (Å²) in [6.45, 7) is 4.06. The van der Waals surface area contributed by atoms with Crippen LogP contribution in [0.15, 0.2) is 54.6 Å². The summed E-state index contributed by atoms with van der Waals surface area (Å²) in [5, 5.41) is 30.7. The van der Waals surface area contributed by atoms with Crippen LogP contribution in [0, 0.1) is 11.8 Å². The number of hydrogen-bond donors (Lipinski definition) is 3. The largest absolute Gasteiger partial charge is 0.481 e. The number of aliphatic carboxylic acids is 1. The summed E-state index contributed by atoms with van der Waals surface area (Å²) in [6.07, 6.45) is 3.14. The maximum Gasteiger partial charge on any atom is 0.303 e. The highest BCUT2D eigenvalue weighted by atomic mass is 32.1. The Morgan fingerprint density at radius 2 is 2.10 bits per heavy atom. The number of rotatable bonds is 10. The second kappa shape index (κ2) is 10.3. The van der Waals surface area contributed by atoms with Crippen LogP contribution in [-0.2, 0) is 4.79 Å². The monoisotopic (exact) mass is 432 g/mol. The molecule has 30 heavy (non-hydrogen) atoms. The molecule has 1 aliphatic carbocycles. The number of aliphatic hydroxyl groups is 2. The Morgan fingerprint density at radius 3 is 2.83 bits per heavy atom. The van der Waals surface area contributed by atoms with Gasteiger partial charge in [-0.05, 0) is 61.5 Å². The molecular weight excluding hydrogens is 403 g/mol. The molecule has 0 saturated heterocycles. The van der Waals surface area contributed by atoms with E-state index in [1.807, 2.05) is 42.5 Å². The molecule has 0 spiro atoms. The summed E-state index contributed by atoms with van der Waals surface area (Å²) in [7, 11) is 0. The van der Waals surface area contributed by atoms with Crippen LogP contribution < -0.4 is 0 Å². The summed E-state index contributed by atoms with van der Waals surface area (Å²) >= 11 is 1.39. The third-order valence-electron chi connectivity index (χ3n) is 5.90. The van der Waals surface area contributed by atoms with Gasteiger partial charge in [0.15, 0.2) is 0 Å².